The Hall–Kier alpha value is -3.27. The topological polar surface area (TPSA) is 47.6 Å². The SMILES string of the molecule is O=C(N[C@@H](COc1ccccc1)Cc1ccccc1)OCc1ccccc1. The van der Waals surface area contributed by atoms with Gasteiger partial charge in [-0.1, -0.05) is 78.9 Å². The maximum Gasteiger partial charge on any atom is 0.407 e. The lowest BCUT2D eigenvalue weighted by Gasteiger charge is -2.19. The van der Waals surface area contributed by atoms with Gasteiger partial charge in [-0.25, -0.2) is 4.79 Å². The van der Waals surface area contributed by atoms with Crippen LogP contribution >= 0.6 is 0 Å². The van der Waals surface area contributed by atoms with E-state index in [1.807, 2.05) is 91.0 Å². The average molecular weight is 361 g/mol. The van der Waals surface area contributed by atoms with Crippen LogP contribution in [0.4, 0.5) is 4.79 Å². The van der Waals surface area contributed by atoms with Crippen LogP contribution in [0.2, 0.25) is 0 Å². The van der Waals surface area contributed by atoms with E-state index < -0.39 is 6.09 Å². The number of carbonyl (C=O) groups is 1. The summed E-state index contributed by atoms with van der Waals surface area (Å²) in [6.45, 7) is 0.601. The van der Waals surface area contributed by atoms with Gasteiger partial charge in [-0.3, -0.25) is 0 Å². The summed E-state index contributed by atoms with van der Waals surface area (Å²) in [6.07, 6.45) is 0.213. The molecule has 0 aliphatic rings. The molecule has 0 spiro atoms. The lowest BCUT2D eigenvalue weighted by atomic mass is 10.1. The summed E-state index contributed by atoms with van der Waals surface area (Å²) in [5.41, 5.74) is 2.08. The number of nitrogens with one attached hydrogen (secondary N) is 1. The fourth-order valence-electron chi connectivity index (χ4n) is 2.70. The van der Waals surface area contributed by atoms with E-state index in [2.05, 4.69) is 5.32 Å². The highest BCUT2D eigenvalue weighted by molar-refractivity contribution is 5.67. The molecule has 1 N–H and O–H groups in total. The third-order valence-corrected chi connectivity index (χ3v) is 4.05. The predicted molar refractivity (Wildman–Crippen MR) is 106 cm³/mol. The van der Waals surface area contributed by atoms with Crippen molar-refractivity contribution in [3.05, 3.63) is 102 Å². The molecule has 3 aromatic carbocycles. The Balaban J connectivity index is 1.57. The molecule has 0 heterocycles. The Morgan fingerprint density at radius 3 is 1.96 bits per heavy atom. The van der Waals surface area contributed by atoms with Crippen molar-refractivity contribution >= 4 is 6.09 Å². The van der Waals surface area contributed by atoms with E-state index in [-0.39, 0.29) is 12.6 Å². The van der Waals surface area contributed by atoms with Gasteiger partial charge in [0.15, 0.2) is 0 Å². The molecular weight excluding hydrogens is 338 g/mol. The molecule has 1 atom stereocenters. The summed E-state index contributed by atoms with van der Waals surface area (Å²) in [7, 11) is 0. The van der Waals surface area contributed by atoms with E-state index >= 15 is 0 Å². The second-order valence-electron chi connectivity index (χ2n) is 6.22. The second-order valence-corrected chi connectivity index (χ2v) is 6.22. The molecular formula is C23H23NO3. The normalized spacial score (nSPS) is 11.4. The van der Waals surface area contributed by atoms with Crippen LogP contribution in [0.15, 0.2) is 91.0 Å². The van der Waals surface area contributed by atoms with E-state index in [9.17, 15) is 4.79 Å². The van der Waals surface area contributed by atoms with Gasteiger partial charge in [0.25, 0.3) is 0 Å². The molecule has 3 rings (SSSR count). The zero-order valence-corrected chi connectivity index (χ0v) is 15.1. The maximum atomic E-state index is 12.2. The van der Waals surface area contributed by atoms with Gasteiger partial charge in [-0.15, -0.1) is 0 Å². The standard InChI is InChI=1S/C23H23NO3/c25-23(27-17-20-12-6-2-7-13-20)24-21(16-19-10-4-1-5-11-19)18-26-22-14-8-3-9-15-22/h1-15,21H,16-18H2,(H,24,25)/t21-/m1/s1. The largest absolute Gasteiger partial charge is 0.491 e. The summed E-state index contributed by atoms with van der Waals surface area (Å²) in [4.78, 5) is 12.2. The van der Waals surface area contributed by atoms with Crippen molar-refractivity contribution in [2.75, 3.05) is 6.61 Å². The summed E-state index contributed by atoms with van der Waals surface area (Å²) in [5, 5.41) is 2.92. The number of carbonyl (C=O) groups excluding carboxylic acids is 1. The molecule has 27 heavy (non-hydrogen) atoms. The number of amides is 1. The van der Waals surface area contributed by atoms with Crippen molar-refractivity contribution in [1.29, 1.82) is 0 Å². The smallest absolute Gasteiger partial charge is 0.407 e. The van der Waals surface area contributed by atoms with Crippen LogP contribution in [0.1, 0.15) is 11.1 Å². The van der Waals surface area contributed by atoms with Crippen LogP contribution in [0.25, 0.3) is 0 Å². The highest BCUT2D eigenvalue weighted by Crippen LogP contribution is 2.11. The number of hydrogen-bond acceptors (Lipinski definition) is 3. The number of alkyl carbamates (subject to hydrolysis) is 1. The fourth-order valence-corrected chi connectivity index (χ4v) is 2.70. The Kier molecular flexibility index (Phi) is 6.87. The van der Waals surface area contributed by atoms with Gasteiger partial charge >= 0.3 is 6.09 Å². The molecule has 1 amide bonds. The third kappa shape index (κ3) is 6.51. The van der Waals surface area contributed by atoms with E-state index in [1.54, 1.807) is 0 Å². The van der Waals surface area contributed by atoms with Crippen LogP contribution in [0.5, 0.6) is 5.75 Å². The van der Waals surface area contributed by atoms with Gasteiger partial charge in [0.2, 0.25) is 0 Å². The van der Waals surface area contributed by atoms with Crippen molar-refractivity contribution in [3.8, 4) is 5.75 Å². The number of rotatable bonds is 8. The number of ether oxygens (including phenoxy) is 2. The van der Waals surface area contributed by atoms with E-state index in [0.717, 1.165) is 16.9 Å². The van der Waals surface area contributed by atoms with E-state index in [4.69, 9.17) is 9.47 Å². The third-order valence-electron chi connectivity index (χ3n) is 4.05. The van der Waals surface area contributed by atoms with Gasteiger partial charge in [0, 0.05) is 0 Å². The minimum Gasteiger partial charge on any atom is -0.491 e. The van der Waals surface area contributed by atoms with Crippen molar-refractivity contribution in [3.63, 3.8) is 0 Å². The Morgan fingerprint density at radius 2 is 1.33 bits per heavy atom. The number of hydrogen-bond donors (Lipinski definition) is 1. The van der Waals surface area contributed by atoms with Crippen LogP contribution in [-0.4, -0.2) is 18.7 Å². The van der Waals surface area contributed by atoms with E-state index in [0.29, 0.717) is 13.0 Å². The van der Waals surface area contributed by atoms with Gasteiger partial charge in [-0.05, 0) is 29.7 Å². The van der Waals surface area contributed by atoms with Gasteiger partial charge in [0.05, 0.1) is 6.04 Å². The molecule has 138 valence electrons. The Labute approximate surface area is 159 Å². The number of benzene rings is 3. The molecule has 0 aromatic heterocycles. The quantitative estimate of drug-likeness (QED) is 0.638. The van der Waals surface area contributed by atoms with Gasteiger partial charge < -0.3 is 14.8 Å². The van der Waals surface area contributed by atoms with Gasteiger partial charge in [-0.2, -0.15) is 0 Å². The average Bonchev–Trinajstić information content (AvgIpc) is 2.73. The predicted octanol–water partition coefficient (Wildman–Crippen LogP) is 4.60. The molecule has 0 aliphatic heterocycles. The second kappa shape index (κ2) is 10.0. The molecule has 0 saturated heterocycles. The van der Waals surface area contributed by atoms with Crippen molar-refractivity contribution in [2.24, 2.45) is 0 Å². The molecule has 0 aliphatic carbocycles. The minimum absolute atomic E-state index is 0.198. The summed E-state index contributed by atoms with van der Waals surface area (Å²) in [6, 6.07) is 29.0. The van der Waals surface area contributed by atoms with Gasteiger partial charge in [0.1, 0.15) is 19.0 Å². The highest BCUT2D eigenvalue weighted by atomic mass is 16.5. The summed E-state index contributed by atoms with van der Waals surface area (Å²) in [5.74, 6) is 0.773. The first-order valence-electron chi connectivity index (χ1n) is 8.98. The van der Waals surface area contributed by atoms with Crippen LogP contribution in [0, 0.1) is 0 Å². The first kappa shape index (κ1) is 18.5. The monoisotopic (exact) mass is 361 g/mol. The van der Waals surface area contributed by atoms with Crippen molar-refractivity contribution in [2.45, 2.75) is 19.1 Å². The Bertz CT molecular complexity index is 807. The lowest BCUT2D eigenvalue weighted by Crippen LogP contribution is -2.41. The summed E-state index contributed by atoms with van der Waals surface area (Å²) >= 11 is 0. The molecule has 4 heteroatoms. The van der Waals surface area contributed by atoms with Crippen LogP contribution < -0.4 is 10.1 Å². The molecule has 3 aromatic rings. The zero-order valence-electron chi connectivity index (χ0n) is 15.1. The summed E-state index contributed by atoms with van der Waals surface area (Å²) < 4.78 is 11.2. The van der Waals surface area contributed by atoms with Crippen molar-refractivity contribution < 1.29 is 14.3 Å². The van der Waals surface area contributed by atoms with Crippen molar-refractivity contribution in [1.82, 2.24) is 5.32 Å². The van der Waals surface area contributed by atoms with E-state index in [1.165, 1.54) is 0 Å². The Morgan fingerprint density at radius 1 is 0.778 bits per heavy atom. The first-order valence-corrected chi connectivity index (χ1v) is 8.98. The van der Waals surface area contributed by atoms with Crippen LogP contribution in [-0.2, 0) is 17.8 Å². The van der Waals surface area contributed by atoms with Crippen LogP contribution in [0.3, 0.4) is 0 Å². The molecule has 0 fully saturated rings. The molecule has 0 bridgehead atoms. The number of para-hydroxylation sites is 1. The lowest BCUT2D eigenvalue weighted by molar-refractivity contribution is 0.131. The first-order chi connectivity index (χ1) is 13.3. The highest BCUT2D eigenvalue weighted by Gasteiger charge is 2.15. The zero-order chi connectivity index (χ0) is 18.7. The molecule has 0 saturated carbocycles. The minimum atomic E-state index is -0.448. The fraction of sp³-hybridized carbons (Fsp3) is 0.174. The molecule has 4 nitrogen and oxygen atoms in total. The molecule has 0 radical (unpaired) electrons. The maximum absolute atomic E-state index is 12.2. The molecule has 0 unspecified atom stereocenters.